The molecule has 0 saturated heterocycles. The first-order valence-electron chi connectivity index (χ1n) is 7.54. The standard InChI is InChI=1S/C18H19BrN2O/c19-15-8-4-9-16(12-15)21-17(22)20-13-18(10-5-11-18)14-6-2-1-3-7-14/h1-4,6-9,12H,5,10-11,13H2,(H2,20,21,22). The Bertz CT molecular complexity index is 653. The Morgan fingerprint density at radius 3 is 2.50 bits per heavy atom. The minimum atomic E-state index is -0.152. The van der Waals surface area contributed by atoms with E-state index in [1.807, 2.05) is 30.3 Å². The maximum Gasteiger partial charge on any atom is 0.319 e. The molecule has 22 heavy (non-hydrogen) atoms. The first kappa shape index (κ1) is 15.1. The van der Waals surface area contributed by atoms with Crippen molar-refractivity contribution in [3.8, 4) is 0 Å². The molecule has 4 heteroatoms. The highest BCUT2D eigenvalue weighted by molar-refractivity contribution is 9.10. The van der Waals surface area contributed by atoms with E-state index in [0.29, 0.717) is 6.54 Å². The molecule has 2 aromatic carbocycles. The number of carbonyl (C=O) groups excluding carboxylic acids is 1. The molecule has 114 valence electrons. The summed E-state index contributed by atoms with van der Waals surface area (Å²) in [4.78, 5) is 12.1. The van der Waals surface area contributed by atoms with Gasteiger partial charge in [-0.1, -0.05) is 58.7 Å². The SMILES string of the molecule is O=C(NCC1(c2ccccc2)CCC1)Nc1cccc(Br)c1. The number of hydrogen-bond donors (Lipinski definition) is 2. The molecule has 0 bridgehead atoms. The average molecular weight is 359 g/mol. The highest BCUT2D eigenvalue weighted by atomic mass is 79.9. The Balaban J connectivity index is 1.60. The minimum Gasteiger partial charge on any atom is -0.337 e. The number of halogens is 1. The monoisotopic (exact) mass is 358 g/mol. The van der Waals surface area contributed by atoms with Crippen molar-refractivity contribution in [2.24, 2.45) is 0 Å². The van der Waals surface area contributed by atoms with Crippen LogP contribution in [0.2, 0.25) is 0 Å². The van der Waals surface area contributed by atoms with Crippen molar-refractivity contribution < 1.29 is 4.79 Å². The fourth-order valence-corrected chi connectivity index (χ4v) is 3.35. The number of urea groups is 1. The molecule has 2 amide bonds. The van der Waals surface area contributed by atoms with E-state index in [0.717, 1.165) is 23.0 Å². The fourth-order valence-electron chi connectivity index (χ4n) is 2.95. The maximum atomic E-state index is 12.1. The average Bonchev–Trinajstić information content (AvgIpc) is 2.47. The number of nitrogens with one attached hydrogen (secondary N) is 2. The molecule has 0 aromatic heterocycles. The summed E-state index contributed by atoms with van der Waals surface area (Å²) in [7, 11) is 0. The molecule has 2 N–H and O–H groups in total. The molecule has 1 aliphatic rings. The van der Waals surface area contributed by atoms with Crippen LogP contribution in [0.1, 0.15) is 24.8 Å². The lowest BCUT2D eigenvalue weighted by Gasteiger charge is -2.42. The summed E-state index contributed by atoms with van der Waals surface area (Å²) in [6.07, 6.45) is 3.49. The maximum absolute atomic E-state index is 12.1. The van der Waals surface area contributed by atoms with E-state index in [-0.39, 0.29) is 11.4 Å². The van der Waals surface area contributed by atoms with E-state index < -0.39 is 0 Å². The molecule has 3 rings (SSSR count). The van der Waals surface area contributed by atoms with E-state index in [2.05, 4.69) is 50.8 Å². The van der Waals surface area contributed by atoms with Crippen LogP contribution in [0.15, 0.2) is 59.1 Å². The summed E-state index contributed by atoms with van der Waals surface area (Å²) in [5.74, 6) is 0. The third kappa shape index (κ3) is 3.33. The van der Waals surface area contributed by atoms with Crippen molar-refractivity contribution in [1.82, 2.24) is 5.32 Å². The van der Waals surface area contributed by atoms with Crippen LogP contribution in [-0.4, -0.2) is 12.6 Å². The lowest BCUT2D eigenvalue weighted by Crippen LogP contribution is -2.46. The topological polar surface area (TPSA) is 41.1 Å². The van der Waals surface area contributed by atoms with Gasteiger partial charge in [0.2, 0.25) is 0 Å². The molecule has 0 unspecified atom stereocenters. The number of hydrogen-bond acceptors (Lipinski definition) is 1. The molecule has 3 nitrogen and oxygen atoms in total. The molecule has 0 aliphatic heterocycles. The second-order valence-electron chi connectivity index (χ2n) is 5.82. The summed E-state index contributed by atoms with van der Waals surface area (Å²) in [5.41, 5.74) is 2.22. The number of rotatable bonds is 4. The highest BCUT2D eigenvalue weighted by Gasteiger charge is 2.38. The van der Waals surface area contributed by atoms with Gasteiger partial charge in [0.05, 0.1) is 0 Å². The summed E-state index contributed by atoms with van der Waals surface area (Å²) in [5, 5.41) is 5.90. The molecule has 0 atom stereocenters. The van der Waals surface area contributed by atoms with Crippen LogP contribution in [0, 0.1) is 0 Å². The quantitative estimate of drug-likeness (QED) is 0.817. The second kappa shape index (κ2) is 6.53. The normalized spacial score (nSPS) is 15.7. The smallest absolute Gasteiger partial charge is 0.319 e. The third-order valence-corrected chi connectivity index (χ3v) is 4.86. The molecule has 0 radical (unpaired) electrons. The van der Waals surface area contributed by atoms with Crippen LogP contribution in [0.3, 0.4) is 0 Å². The lowest BCUT2D eigenvalue weighted by atomic mass is 9.64. The van der Waals surface area contributed by atoms with Gasteiger partial charge in [0.1, 0.15) is 0 Å². The van der Waals surface area contributed by atoms with E-state index in [1.54, 1.807) is 0 Å². The third-order valence-electron chi connectivity index (χ3n) is 4.37. The van der Waals surface area contributed by atoms with Crippen LogP contribution in [0.25, 0.3) is 0 Å². The number of benzene rings is 2. The van der Waals surface area contributed by atoms with Gasteiger partial charge in [-0.3, -0.25) is 0 Å². The Labute approximate surface area is 139 Å². The van der Waals surface area contributed by atoms with Crippen LogP contribution in [0.4, 0.5) is 10.5 Å². The van der Waals surface area contributed by atoms with Crippen LogP contribution in [0.5, 0.6) is 0 Å². The molecular weight excluding hydrogens is 340 g/mol. The van der Waals surface area contributed by atoms with E-state index in [9.17, 15) is 4.79 Å². The van der Waals surface area contributed by atoms with E-state index in [4.69, 9.17) is 0 Å². The Kier molecular flexibility index (Phi) is 4.48. The van der Waals surface area contributed by atoms with Gasteiger partial charge in [-0.05, 0) is 36.6 Å². The summed E-state index contributed by atoms with van der Waals surface area (Å²) >= 11 is 3.40. The molecule has 2 aromatic rings. The van der Waals surface area contributed by atoms with Crippen LogP contribution in [-0.2, 0) is 5.41 Å². The Hall–Kier alpha value is -1.81. The van der Waals surface area contributed by atoms with Crippen molar-refractivity contribution in [2.75, 3.05) is 11.9 Å². The van der Waals surface area contributed by atoms with Crippen molar-refractivity contribution in [2.45, 2.75) is 24.7 Å². The van der Waals surface area contributed by atoms with Gasteiger partial charge in [0, 0.05) is 22.1 Å². The molecule has 1 saturated carbocycles. The fraction of sp³-hybridized carbons (Fsp3) is 0.278. The summed E-state index contributed by atoms with van der Waals surface area (Å²) in [6, 6.07) is 17.9. The van der Waals surface area contributed by atoms with Crippen molar-refractivity contribution >= 4 is 27.6 Å². The molecule has 1 aliphatic carbocycles. The molecular formula is C18H19BrN2O. The predicted molar refractivity (Wildman–Crippen MR) is 93.1 cm³/mol. The lowest BCUT2D eigenvalue weighted by molar-refractivity contribution is 0.222. The van der Waals surface area contributed by atoms with Gasteiger partial charge < -0.3 is 10.6 Å². The molecule has 0 heterocycles. The predicted octanol–water partition coefficient (Wildman–Crippen LogP) is 4.69. The molecule has 1 fully saturated rings. The summed E-state index contributed by atoms with van der Waals surface area (Å²) < 4.78 is 0.949. The van der Waals surface area contributed by atoms with E-state index in [1.165, 1.54) is 12.0 Å². The van der Waals surface area contributed by atoms with Gasteiger partial charge in [-0.2, -0.15) is 0 Å². The zero-order valence-corrected chi connectivity index (χ0v) is 13.9. The van der Waals surface area contributed by atoms with Gasteiger partial charge in [0.25, 0.3) is 0 Å². The van der Waals surface area contributed by atoms with Crippen molar-refractivity contribution in [3.63, 3.8) is 0 Å². The number of anilines is 1. The van der Waals surface area contributed by atoms with Gasteiger partial charge in [0.15, 0.2) is 0 Å². The Morgan fingerprint density at radius 1 is 1.09 bits per heavy atom. The van der Waals surface area contributed by atoms with Gasteiger partial charge in [-0.25, -0.2) is 4.79 Å². The first-order chi connectivity index (χ1) is 10.7. The zero-order valence-electron chi connectivity index (χ0n) is 12.3. The van der Waals surface area contributed by atoms with Crippen molar-refractivity contribution in [1.29, 1.82) is 0 Å². The zero-order chi connectivity index (χ0) is 15.4. The number of amides is 2. The van der Waals surface area contributed by atoms with Gasteiger partial charge in [-0.15, -0.1) is 0 Å². The van der Waals surface area contributed by atoms with Crippen LogP contribution < -0.4 is 10.6 Å². The second-order valence-corrected chi connectivity index (χ2v) is 6.73. The van der Waals surface area contributed by atoms with Crippen molar-refractivity contribution in [3.05, 3.63) is 64.6 Å². The highest BCUT2D eigenvalue weighted by Crippen LogP contribution is 2.43. The number of carbonyl (C=O) groups is 1. The largest absolute Gasteiger partial charge is 0.337 e. The summed E-state index contributed by atoms with van der Waals surface area (Å²) in [6.45, 7) is 0.677. The van der Waals surface area contributed by atoms with E-state index >= 15 is 0 Å². The van der Waals surface area contributed by atoms with Gasteiger partial charge >= 0.3 is 6.03 Å². The minimum absolute atomic E-state index is 0.107. The van der Waals surface area contributed by atoms with Crippen LogP contribution >= 0.6 is 15.9 Å². The molecule has 0 spiro atoms. The Morgan fingerprint density at radius 2 is 1.86 bits per heavy atom. The first-order valence-corrected chi connectivity index (χ1v) is 8.33.